The molecule has 0 atom stereocenters. The Morgan fingerprint density at radius 2 is 1.82 bits per heavy atom. The third-order valence-electron chi connectivity index (χ3n) is 3.23. The summed E-state index contributed by atoms with van der Waals surface area (Å²) in [6, 6.07) is 4.48. The minimum Gasteiger partial charge on any atom is -0.507 e. The van der Waals surface area contributed by atoms with Gasteiger partial charge in [-0.25, -0.2) is 13.2 Å². The van der Waals surface area contributed by atoms with E-state index in [1.165, 1.54) is 6.07 Å². The van der Waals surface area contributed by atoms with E-state index in [2.05, 4.69) is 4.72 Å². The van der Waals surface area contributed by atoms with Gasteiger partial charge >= 0.3 is 5.97 Å². The van der Waals surface area contributed by atoms with Gasteiger partial charge in [0.25, 0.3) is 10.0 Å². The average Bonchev–Trinajstić information content (AvgIpc) is 2.82. The van der Waals surface area contributed by atoms with Gasteiger partial charge in [-0.3, -0.25) is 4.72 Å². The molecule has 0 aliphatic carbocycles. The maximum Gasteiger partial charge on any atom is 0.346 e. The predicted molar refractivity (Wildman–Crippen MR) is 84.4 cm³/mol. The van der Waals surface area contributed by atoms with E-state index in [9.17, 15) is 18.3 Å². The highest BCUT2D eigenvalue weighted by atomic mass is 32.2. The number of carboxylic acid groups (broad SMARTS) is 1. The molecule has 2 aromatic rings. The van der Waals surface area contributed by atoms with Crippen LogP contribution >= 0.6 is 11.3 Å². The Bertz CT molecular complexity index is 852. The van der Waals surface area contributed by atoms with Crippen LogP contribution in [0.25, 0.3) is 0 Å². The highest BCUT2D eigenvalue weighted by Crippen LogP contribution is 2.32. The maximum absolute atomic E-state index is 12.4. The standard InChI is InChI=1S/C14H15NO5S2/c1-7-4-5-10(9(3)12(7)16)15-22(19,20)11-6-8(2)13(21-11)14(17)18/h4-6,15-16H,1-3H3,(H,17,18). The van der Waals surface area contributed by atoms with Crippen molar-refractivity contribution in [1.82, 2.24) is 0 Å². The number of benzene rings is 1. The quantitative estimate of drug-likeness (QED) is 0.793. The van der Waals surface area contributed by atoms with Crippen molar-refractivity contribution in [3.05, 3.63) is 39.8 Å². The second-order valence-electron chi connectivity index (χ2n) is 4.89. The molecule has 118 valence electrons. The molecule has 8 heteroatoms. The van der Waals surface area contributed by atoms with E-state index in [-0.39, 0.29) is 20.5 Å². The van der Waals surface area contributed by atoms with E-state index in [0.717, 1.165) is 0 Å². The van der Waals surface area contributed by atoms with E-state index < -0.39 is 16.0 Å². The molecule has 3 N–H and O–H groups in total. The second-order valence-corrected chi connectivity index (χ2v) is 7.85. The lowest BCUT2D eigenvalue weighted by atomic mass is 10.1. The minimum absolute atomic E-state index is 0.0103. The Morgan fingerprint density at radius 1 is 1.18 bits per heavy atom. The molecule has 0 spiro atoms. The van der Waals surface area contributed by atoms with Gasteiger partial charge in [0.15, 0.2) is 0 Å². The van der Waals surface area contributed by atoms with Gasteiger partial charge in [0.1, 0.15) is 14.8 Å². The van der Waals surface area contributed by atoms with Gasteiger partial charge in [0.05, 0.1) is 5.69 Å². The maximum atomic E-state index is 12.4. The SMILES string of the molecule is Cc1cc(S(=O)(=O)Nc2ccc(C)c(O)c2C)sc1C(=O)O. The van der Waals surface area contributed by atoms with E-state index >= 15 is 0 Å². The van der Waals surface area contributed by atoms with E-state index in [1.807, 2.05) is 0 Å². The summed E-state index contributed by atoms with van der Waals surface area (Å²) in [5.41, 5.74) is 1.70. The first-order chi connectivity index (χ1) is 10.1. The van der Waals surface area contributed by atoms with Crippen molar-refractivity contribution in [3.63, 3.8) is 0 Å². The molecule has 1 heterocycles. The molecule has 0 unspecified atom stereocenters. The molecule has 6 nitrogen and oxygen atoms in total. The molecule has 0 aliphatic heterocycles. The summed E-state index contributed by atoms with van der Waals surface area (Å²) in [4.78, 5) is 11.0. The number of aromatic hydroxyl groups is 1. The Hall–Kier alpha value is -2.06. The molecule has 22 heavy (non-hydrogen) atoms. The van der Waals surface area contributed by atoms with Crippen LogP contribution in [0.3, 0.4) is 0 Å². The molecule has 0 radical (unpaired) electrons. The van der Waals surface area contributed by atoms with Crippen LogP contribution in [0.2, 0.25) is 0 Å². The summed E-state index contributed by atoms with van der Waals surface area (Å²) in [6.45, 7) is 4.85. The minimum atomic E-state index is -3.91. The molecule has 0 bridgehead atoms. The highest BCUT2D eigenvalue weighted by molar-refractivity contribution is 7.94. The first-order valence-corrected chi connectivity index (χ1v) is 8.59. The van der Waals surface area contributed by atoms with Crippen molar-refractivity contribution in [3.8, 4) is 5.75 Å². The van der Waals surface area contributed by atoms with Crippen molar-refractivity contribution < 1.29 is 23.4 Å². The topological polar surface area (TPSA) is 104 Å². The van der Waals surface area contributed by atoms with Gasteiger partial charge in [-0.1, -0.05) is 6.07 Å². The fourth-order valence-corrected chi connectivity index (χ4v) is 4.44. The van der Waals surface area contributed by atoms with Crippen molar-refractivity contribution in [2.75, 3.05) is 4.72 Å². The monoisotopic (exact) mass is 341 g/mol. The summed E-state index contributed by atoms with van der Waals surface area (Å²) in [7, 11) is -3.91. The number of thiophene rings is 1. The number of hydrogen-bond donors (Lipinski definition) is 3. The number of carboxylic acids is 1. The number of aromatic carboxylic acids is 1. The van der Waals surface area contributed by atoms with Gasteiger partial charge in [-0.05, 0) is 44.0 Å². The van der Waals surface area contributed by atoms with Crippen LogP contribution in [-0.2, 0) is 10.0 Å². The summed E-state index contributed by atoms with van der Waals surface area (Å²) >= 11 is 0.694. The molecule has 0 fully saturated rings. The Morgan fingerprint density at radius 3 is 2.36 bits per heavy atom. The van der Waals surface area contributed by atoms with Crippen LogP contribution in [0.4, 0.5) is 5.69 Å². The van der Waals surface area contributed by atoms with Gasteiger partial charge in [-0.15, -0.1) is 11.3 Å². The van der Waals surface area contributed by atoms with Crippen LogP contribution in [0.5, 0.6) is 5.75 Å². The third-order valence-corrected chi connectivity index (χ3v) is 6.30. The number of rotatable bonds is 4. The Kier molecular flexibility index (Phi) is 4.17. The Labute approximate surface area is 132 Å². The van der Waals surface area contributed by atoms with E-state index in [1.54, 1.807) is 32.9 Å². The number of phenolic OH excluding ortho intramolecular Hbond substituents is 1. The molecule has 2 rings (SSSR count). The highest BCUT2D eigenvalue weighted by Gasteiger charge is 2.22. The summed E-state index contributed by atoms with van der Waals surface area (Å²) in [5, 5.41) is 18.9. The number of nitrogens with one attached hydrogen (secondary N) is 1. The zero-order valence-corrected chi connectivity index (χ0v) is 13.8. The summed E-state index contributed by atoms with van der Waals surface area (Å²) < 4.78 is 27.0. The number of hydrogen-bond acceptors (Lipinski definition) is 5. The van der Waals surface area contributed by atoms with E-state index in [0.29, 0.717) is 28.0 Å². The lowest BCUT2D eigenvalue weighted by Gasteiger charge is -2.11. The van der Waals surface area contributed by atoms with Crippen LogP contribution in [0.15, 0.2) is 22.4 Å². The van der Waals surface area contributed by atoms with Crippen LogP contribution in [0.1, 0.15) is 26.4 Å². The van der Waals surface area contributed by atoms with Crippen molar-refractivity contribution in [1.29, 1.82) is 0 Å². The number of phenols is 1. The molecule has 0 saturated carbocycles. The largest absolute Gasteiger partial charge is 0.507 e. The molecular formula is C14H15NO5S2. The van der Waals surface area contributed by atoms with Crippen molar-refractivity contribution in [2.45, 2.75) is 25.0 Å². The van der Waals surface area contributed by atoms with E-state index in [4.69, 9.17) is 5.11 Å². The number of carbonyl (C=O) groups is 1. The first kappa shape index (κ1) is 16.3. The Balaban J connectivity index is 2.42. The van der Waals surface area contributed by atoms with Gasteiger partial charge in [0, 0.05) is 5.56 Å². The van der Waals surface area contributed by atoms with Crippen molar-refractivity contribution >= 4 is 33.0 Å². The van der Waals surface area contributed by atoms with Crippen LogP contribution in [-0.4, -0.2) is 24.6 Å². The van der Waals surface area contributed by atoms with Crippen molar-refractivity contribution in [2.24, 2.45) is 0 Å². The molecular weight excluding hydrogens is 326 g/mol. The van der Waals surface area contributed by atoms with Crippen LogP contribution in [0, 0.1) is 20.8 Å². The number of aryl methyl sites for hydroxylation is 2. The normalized spacial score (nSPS) is 11.4. The molecule has 1 aromatic carbocycles. The fourth-order valence-electron chi connectivity index (χ4n) is 1.94. The zero-order chi connectivity index (χ0) is 16.7. The van der Waals surface area contributed by atoms with Crippen LogP contribution < -0.4 is 4.72 Å². The third kappa shape index (κ3) is 2.93. The summed E-state index contributed by atoms with van der Waals surface area (Å²) in [6.07, 6.45) is 0. The lowest BCUT2D eigenvalue weighted by Crippen LogP contribution is -2.12. The first-order valence-electron chi connectivity index (χ1n) is 6.29. The predicted octanol–water partition coefficient (Wildman–Crippen LogP) is 2.88. The molecule has 0 saturated heterocycles. The molecule has 0 aliphatic rings. The summed E-state index contributed by atoms with van der Waals surface area (Å²) in [5.74, 6) is -1.14. The molecule has 1 aromatic heterocycles. The average molecular weight is 341 g/mol. The fraction of sp³-hybridized carbons (Fsp3) is 0.214. The van der Waals surface area contributed by atoms with Gasteiger partial charge in [0.2, 0.25) is 0 Å². The second kappa shape index (κ2) is 5.62. The lowest BCUT2D eigenvalue weighted by molar-refractivity contribution is 0.0701. The smallest absolute Gasteiger partial charge is 0.346 e. The molecule has 0 amide bonds. The number of sulfonamides is 1. The zero-order valence-electron chi connectivity index (χ0n) is 12.2. The van der Waals surface area contributed by atoms with Gasteiger partial charge in [-0.2, -0.15) is 0 Å². The number of anilines is 1. The van der Waals surface area contributed by atoms with Gasteiger partial charge < -0.3 is 10.2 Å².